The molecular formula is C11H14N4O4. The quantitative estimate of drug-likeness (QED) is 0.803. The lowest BCUT2D eigenvalue weighted by Crippen LogP contribution is -2.40. The highest BCUT2D eigenvalue weighted by atomic mass is 16.4. The van der Waals surface area contributed by atoms with E-state index < -0.39 is 17.2 Å². The Kier molecular flexibility index (Phi) is 3.24. The van der Waals surface area contributed by atoms with E-state index in [0.29, 0.717) is 6.54 Å². The Labute approximate surface area is 107 Å². The van der Waals surface area contributed by atoms with E-state index in [-0.39, 0.29) is 24.3 Å². The largest absolute Gasteiger partial charge is 0.480 e. The van der Waals surface area contributed by atoms with Crippen LogP contribution in [0.15, 0.2) is 15.9 Å². The minimum atomic E-state index is -1.07. The molecule has 1 N–H and O–H groups in total. The van der Waals surface area contributed by atoms with E-state index in [4.69, 9.17) is 5.11 Å². The molecule has 19 heavy (non-hydrogen) atoms. The third-order valence-corrected chi connectivity index (χ3v) is 2.92. The second kappa shape index (κ2) is 4.71. The highest BCUT2D eigenvalue weighted by Gasteiger charge is 2.17. The van der Waals surface area contributed by atoms with Crippen LogP contribution >= 0.6 is 0 Å². The molecule has 0 unspecified atom stereocenters. The fraction of sp³-hybridized carbons (Fsp3) is 0.455. The molecule has 2 aromatic heterocycles. The zero-order valence-electron chi connectivity index (χ0n) is 10.7. The number of fused-ring (bicyclic) bond motifs is 1. The molecule has 0 amide bonds. The second-order valence-electron chi connectivity index (χ2n) is 4.01. The van der Waals surface area contributed by atoms with Crippen molar-refractivity contribution in [1.29, 1.82) is 0 Å². The van der Waals surface area contributed by atoms with Gasteiger partial charge in [0.15, 0.2) is 11.2 Å². The summed E-state index contributed by atoms with van der Waals surface area (Å²) < 4.78 is 3.68. The third kappa shape index (κ3) is 1.94. The van der Waals surface area contributed by atoms with Gasteiger partial charge in [-0.05, 0) is 13.8 Å². The summed E-state index contributed by atoms with van der Waals surface area (Å²) in [6.07, 6.45) is 1.27. The Hall–Kier alpha value is -2.38. The van der Waals surface area contributed by atoms with Crippen LogP contribution in [0.3, 0.4) is 0 Å². The van der Waals surface area contributed by atoms with Gasteiger partial charge in [0.05, 0.1) is 6.33 Å². The number of hydrogen-bond donors (Lipinski definition) is 1. The van der Waals surface area contributed by atoms with Crippen LogP contribution in [0.4, 0.5) is 0 Å². The number of imidazole rings is 1. The summed E-state index contributed by atoms with van der Waals surface area (Å²) in [5.74, 6) is -1.07. The van der Waals surface area contributed by atoms with E-state index in [1.165, 1.54) is 15.5 Å². The zero-order valence-corrected chi connectivity index (χ0v) is 10.7. The summed E-state index contributed by atoms with van der Waals surface area (Å²) in [4.78, 5) is 39.0. The van der Waals surface area contributed by atoms with Gasteiger partial charge in [-0.3, -0.25) is 18.7 Å². The van der Waals surface area contributed by atoms with Crippen LogP contribution in [0.5, 0.6) is 0 Å². The number of carboxylic acid groups (broad SMARTS) is 1. The molecule has 2 rings (SSSR count). The summed E-state index contributed by atoms with van der Waals surface area (Å²) in [6, 6.07) is 0. The number of rotatable bonds is 4. The molecule has 2 heterocycles. The molecule has 0 saturated carbocycles. The molecule has 0 aliphatic rings. The van der Waals surface area contributed by atoms with Gasteiger partial charge in [-0.2, -0.15) is 0 Å². The Morgan fingerprint density at radius 2 is 1.89 bits per heavy atom. The highest BCUT2D eigenvalue weighted by Crippen LogP contribution is 2.06. The average molecular weight is 266 g/mol. The monoisotopic (exact) mass is 266 g/mol. The average Bonchev–Trinajstić information content (AvgIpc) is 2.73. The molecule has 102 valence electrons. The minimum absolute atomic E-state index is 0.144. The van der Waals surface area contributed by atoms with Gasteiger partial charge in [-0.1, -0.05) is 0 Å². The lowest BCUT2D eigenvalue weighted by atomic mass is 10.4. The SMILES string of the molecule is CCn1c(=O)c2c(ncn2CC(=O)O)n(CC)c1=O. The van der Waals surface area contributed by atoms with E-state index in [1.807, 2.05) is 0 Å². The van der Waals surface area contributed by atoms with Gasteiger partial charge < -0.3 is 9.67 Å². The first-order valence-corrected chi connectivity index (χ1v) is 5.91. The first-order valence-electron chi connectivity index (χ1n) is 5.91. The van der Waals surface area contributed by atoms with Crippen molar-refractivity contribution in [2.75, 3.05) is 0 Å². The van der Waals surface area contributed by atoms with Gasteiger partial charge in [0, 0.05) is 13.1 Å². The molecule has 0 saturated heterocycles. The first-order chi connectivity index (χ1) is 9.01. The third-order valence-electron chi connectivity index (χ3n) is 2.92. The van der Waals surface area contributed by atoms with Crippen molar-refractivity contribution in [3.05, 3.63) is 27.2 Å². The molecule has 0 spiro atoms. The summed E-state index contributed by atoms with van der Waals surface area (Å²) in [5.41, 5.74) is -0.567. The summed E-state index contributed by atoms with van der Waals surface area (Å²) in [6.45, 7) is 3.68. The fourth-order valence-electron chi connectivity index (χ4n) is 2.07. The number of carboxylic acids is 1. The van der Waals surface area contributed by atoms with Gasteiger partial charge in [0.2, 0.25) is 0 Å². The molecule has 0 bridgehead atoms. The molecule has 0 aliphatic heterocycles. The zero-order chi connectivity index (χ0) is 14.2. The van der Waals surface area contributed by atoms with Crippen LogP contribution in [0.25, 0.3) is 11.2 Å². The first kappa shape index (κ1) is 13.1. The van der Waals surface area contributed by atoms with Gasteiger partial charge in [-0.15, -0.1) is 0 Å². The molecule has 8 heteroatoms. The number of hydrogen-bond acceptors (Lipinski definition) is 4. The maximum absolute atomic E-state index is 12.2. The Morgan fingerprint density at radius 1 is 1.26 bits per heavy atom. The number of aromatic nitrogens is 4. The van der Waals surface area contributed by atoms with Crippen LogP contribution in [-0.2, 0) is 24.4 Å². The lowest BCUT2D eigenvalue weighted by molar-refractivity contribution is -0.137. The number of aryl methyl sites for hydroxylation is 1. The van der Waals surface area contributed by atoms with Crippen LogP contribution in [0.1, 0.15) is 13.8 Å². The summed E-state index contributed by atoms with van der Waals surface area (Å²) >= 11 is 0. The fourth-order valence-corrected chi connectivity index (χ4v) is 2.07. The second-order valence-corrected chi connectivity index (χ2v) is 4.01. The van der Waals surface area contributed by atoms with Crippen molar-refractivity contribution in [3.63, 3.8) is 0 Å². The molecular weight excluding hydrogens is 252 g/mol. The van der Waals surface area contributed by atoms with Crippen LogP contribution in [0.2, 0.25) is 0 Å². The molecule has 2 aromatic rings. The predicted molar refractivity (Wildman–Crippen MR) is 67.2 cm³/mol. The number of carbonyl (C=O) groups is 1. The van der Waals surface area contributed by atoms with Crippen LogP contribution in [0, 0.1) is 0 Å². The molecule has 0 fully saturated rings. The van der Waals surface area contributed by atoms with Gasteiger partial charge >= 0.3 is 11.7 Å². The standard InChI is InChI=1S/C11H14N4O4/c1-3-14-9-8(10(18)15(4-2)11(14)19)13(6-12-9)5-7(16)17/h6H,3-5H2,1-2H3,(H,16,17). The Balaban J connectivity index is 2.91. The number of nitrogens with zero attached hydrogens (tertiary/aromatic N) is 4. The molecule has 0 atom stereocenters. The van der Waals surface area contributed by atoms with Crippen LogP contribution in [-0.4, -0.2) is 29.8 Å². The molecule has 0 aliphatic carbocycles. The predicted octanol–water partition coefficient (Wildman–Crippen LogP) is -0.516. The van der Waals surface area contributed by atoms with Crippen molar-refractivity contribution >= 4 is 17.1 Å². The summed E-state index contributed by atoms with van der Waals surface area (Å²) in [5, 5.41) is 8.82. The Bertz CT molecular complexity index is 752. The van der Waals surface area contributed by atoms with Crippen molar-refractivity contribution in [1.82, 2.24) is 18.7 Å². The van der Waals surface area contributed by atoms with Gasteiger partial charge in [0.1, 0.15) is 6.54 Å². The normalized spacial score (nSPS) is 11.1. The van der Waals surface area contributed by atoms with E-state index in [2.05, 4.69) is 4.98 Å². The number of aliphatic carboxylic acids is 1. The van der Waals surface area contributed by atoms with Gasteiger partial charge in [-0.25, -0.2) is 9.78 Å². The lowest BCUT2D eigenvalue weighted by Gasteiger charge is -2.08. The van der Waals surface area contributed by atoms with Crippen molar-refractivity contribution in [2.24, 2.45) is 0 Å². The van der Waals surface area contributed by atoms with Crippen molar-refractivity contribution < 1.29 is 9.90 Å². The molecule has 0 radical (unpaired) electrons. The molecule has 0 aromatic carbocycles. The van der Waals surface area contributed by atoms with E-state index in [0.717, 1.165) is 4.57 Å². The van der Waals surface area contributed by atoms with Crippen molar-refractivity contribution in [2.45, 2.75) is 33.5 Å². The van der Waals surface area contributed by atoms with E-state index >= 15 is 0 Å². The maximum Gasteiger partial charge on any atom is 0.332 e. The van der Waals surface area contributed by atoms with Crippen LogP contribution < -0.4 is 11.2 Å². The highest BCUT2D eigenvalue weighted by molar-refractivity contribution is 5.74. The molecule has 8 nitrogen and oxygen atoms in total. The smallest absolute Gasteiger partial charge is 0.332 e. The van der Waals surface area contributed by atoms with Crippen molar-refractivity contribution in [3.8, 4) is 0 Å². The Morgan fingerprint density at radius 3 is 2.42 bits per heavy atom. The van der Waals surface area contributed by atoms with E-state index in [1.54, 1.807) is 13.8 Å². The summed E-state index contributed by atoms with van der Waals surface area (Å²) in [7, 11) is 0. The minimum Gasteiger partial charge on any atom is -0.480 e. The van der Waals surface area contributed by atoms with Gasteiger partial charge in [0.25, 0.3) is 5.56 Å². The maximum atomic E-state index is 12.2. The topological polar surface area (TPSA) is 99.1 Å². The van der Waals surface area contributed by atoms with E-state index in [9.17, 15) is 14.4 Å².